The first-order chi connectivity index (χ1) is 38.8. The Morgan fingerprint density at radius 2 is 1.46 bits per heavy atom. The topological polar surface area (TPSA) is 248 Å². The number of likely N-dealkylation sites (tertiary alicyclic amines) is 2. The second kappa shape index (κ2) is 32.3. The van der Waals surface area contributed by atoms with Crippen LogP contribution in [0.5, 0.6) is 0 Å². The zero-order valence-electron chi connectivity index (χ0n) is 51.5. The van der Waals surface area contributed by atoms with Gasteiger partial charge in [0.05, 0.1) is 75.5 Å². The number of hydrogen-bond donors (Lipinski definition) is 7. The average Bonchev–Trinajstić information content (AvgIpc) is 4.31. The molecule has 1 unspecified atom stereocenters. The van der Waals surface area contributed by atoms with Gasteiger partial charge in [0, 0.05) is 57.6 Å². The molecule has 0 aliphatic carbocycles. The summed E-state index contributed by atoms with van der Waals surface area (Å²) < 4.78 is 12.7. The van der Waals surface area contributed by atoms with Gasteiger partial charge in [0.2, 0.25) is 35.4 Å². The molecule has 2 aliphatic rings. The number of rotatable bonds is 32. The molecule has 0 bridgehead atoms. The van der Waals surface area contributed by atoms with Gasteiger partial charge in [0.15, 0.2) is 6.04 Å². The number of likely N-dealkylation sites (N-methyl/N-ethyl adjacent to an activating group) is 2. The first kappa shape index (κ1) is 68.7. The van der Waals surface area contributed by atoms with E-state index >= 15 is 0 Å². The van der Waals surface area contributed by atoms with Crippen molar-refractivity contribution >= 4 is 47.0 Å². The van der Waals surface area contributed by atoms with Crippen LogP contribution in [-0.2, 0) is 49.6 Å². The van der Waals surface area contributed by atoms with Crippen molar-refractivity contribution in [2.45, 2.75) is 181 Å². The van der Waals surface area contributed by atoms with Crippen molar-refractivity contribution in [1.82, 2.24) is 36.0 Å². The molecule has 13 atom stereocenters. The van der Waals surface area contributed by atoms with E-state index in [1.165, 1.54) is 4.90 Å². The zero-order valence-corrected chi connectivity index (χ0v) is 51.5. The van der Waals surface area contributed by atoms with Gasteiger partial charge >= 0.3 is 0 Å². The smallest absolute Gasteiger partial charge is 0.279 e. The third-order valence-electron chi connectivity index (χ3n) is 16.6. The number of nitrogens with one attached hydrogen (secondary N) is 5. The monoisotopic (exact) mass is 1150 g/mol. The van der Waals surface area contributed by atoms with Gasteiger partial charge in [0.1, 0.15) is 24.7 Å². The summed E-state index contributed by atoms with van der Waals surface area (Å²) in [4.78, 5) is 103. The number of nitrogens with zero attached hydrogens (tertiary/aromatic N) is 4. The molecule has 2 aliphatic heterocycles. The Kier molecular flexibility index (Phi) is 27.1. The predicted octanol–water partition coefficient (Wildman–Crippen LogP) is 4.55. The molecular formula is C62H100N9O11+. The van der Waals surface area contributed by atoms with Crippen LogP contribution in [0.3, 0.4) is 0 Å². The van der Waals surface area contributed by atoms with Crippen molar-refractivity contribution in [3.8, 4) is 0 Å². The maximum atomic E-state index is 14.9. The van der Waals surface area contributed by atoms with Crippen LogP contribution >= 0.6 is 0 Å². The molecule has 2 saturated heterocycles. The molecule has 7 amide bonds. The van der Waals surface area contributed by atoms with Crippen molar-refractivity contribution < 1.29 is 57.7 Å². The molecule has 4 rings (SSSR count). The van der Waals surface area contributed by atoms with Crippen LogP contribution in [0.15, 0.2) is 67.3 Å². The molecule has 7 N–H and O–H groups in total. The van der Waals surface area contributed by atoms with Crippen LogP contribution < -0.4 is 26.6 Å². The SMILES string of the molecule is C=CCN[C@@H](C)C(=O)N[C@@H](CO)C(=O)N1CCC[C@H]1C(=O)Nc1ccc(C[N+](C)(C)[C@H](C(=O)N[C@H](C(=O)N(C)[C@@H]([C@@H](C)CC)[C@@H](CC(=O)N2CCC[C@H]2[C@H](OCC)C(C)C(=O)N[C@H](C)[C@@H](O)c2ccccc2)OC)C(C)C)C(C)C)cc1. The molecule has 82 heavy (non-hydrogen) atoms. The van der Waals surface area contributed by atoms with Gasteiger partial charge in [0.25, 0.3) is 5.91 Å². The molecule has 2 aromatic rings. The van der Waals surface area contributed by atoms with Gasteiger partial charge in [-0.3, -0.25) is 33.6 Å². The Morgan fingerprint density at radius 1 is 0.829 bits per heavy atom. The molecule has 0 radical (unpaired) electrons. The van der Waals surface area contributed by atoms with Crippen LogP contribution in [0.1, 0.15) is 125 Å². The lowest BCUT2D eigenvalue weighted by molar-refractivity contribution is -0.922. The van der Waals surface area contributed by atoms with Crippen LogP contribution in [0, 0.1) is 23.7 Å². The Labute approximate surface area is 488 Å². The first-order valence-electron chi connectivity index (χ1n) is 29.6. The number of methoxy groups -OCH3 is 1. The number of quaternary nitrogens is 1. The second-order valence-corrected chi connectivity index (χ2v) is 23.9. The molecule has 20 heteroatoms. The quantitative estimate of drug-likeness (QED) is 0.0394. The Morgan fingerprint density at radius 3 is 2.04 bits per heavy atom. The molecule has 2 aromatic carbocycles. The van der Waals surface area contributed by atoms with Crippen molar-refractivity contribution in [2.75, 3.05) is 66.4 Å². The highest BCUT2D eigenvalue weighted by Crippen LogP contribution is 2.31. The molecule has 2 fully saturated rings. The number of benzene rings is 2. The van der Waals surface area contributed by atoms with Crippen LogP contribution in [0.2, 0.25) is 0 Å². The first-order valence-corrected chi connectivity index (χ1v) is 29.6. The number of carbonyl (C=O) groups is 7. The molecule has 0 saturated carbocycles. The lowest BCUT2D eigenvalue weighted by atomic mass is 9.89. The fourth-order valence-corrected chi connectivity index (χ4v) is 12.0. The van der Waals surface area contributed by atoms with Gasteiger partial charge in [-0.05, 0) is 76.0 Å². The average molecular weight is 1150 g/mol. The van der Waals surface area contributed by atoms with Gasteiger partial charge < -0.3 is 65.5 Å². The van der Waals surface area contributed by atoms with Crippen molar-refractivity contribution in [3.05, 3.63) is 78.4 Å². The van der Waals surface area contributed by atoms with E-state index < -0.39 is 91.0 Å². The normalized spacial score (nSPS) is 19.6. The summed E-state index contributed by atoms with van der Waals surface area (Å²) in [6.07, 6.45) is 2.36. The Hall–Kier alpha value is -5.77. The lowest BCUT2D eigenvalue weighted by Crippen LogP contribution is -2.63. The summed E-state index contributed by atoms with van der Waals surface area (Å²) in [5.41, 5.74) is 2.09. The standard InChI is InChI=1S/C62H99N9O11/c1-16-32-63-43(11)58(76)66-47(37-72)61(79)70-34-23-27-49(70)59(77)65-46-30-28-44(29-31-46)36-71(13,14)54(39(6)7)60(78)67-52(38(4)5)62(80)68(12)53(40(8)17-2)50(81-15)35-51(73)69-33-22-26-48(69)56(82-18-3)41(9)57(75)64-42(10)55(74)45-24-20-19-21-25-45/h16,19-21,24-25,28-31,38-43,47-50,52-56,63,72,74H,1,17-18,22-23,26-27,32-37H2,2-15H3,(H3-,64,65,66,67,75,76,77,78)/p+1/t40-,41?,42+,43-,47-,48-,49-,50+,52-,53-,54-,55+,56+/m0/s1. The van der Waals surface area contributed by atoms with E-state index in [1.807, 2.05) is 105 Å². The summed E-state index contributed by atoms with van der Waals surface area (Å²) in [5, 5.41) is 35.7. The summed E-state index contributed by atoms with van der Waals surface area (Å²) in [7, 11) is 7.21. The highest BCUT2D eigenvalue weighted by molar-refractivity contribution is 5.99. The third-order valence-corrected chi connectivity index (χ3v) is 16.6. The largest absolute Gasteiger partial charge is 0.394 e. The molecule has 0 spiro atoms. The van der Waals surface area contributed by atoms with Crippen molar-refractivity contribution in [2.24, 2.45) is 23.7 Å². The van der Waals surface area contributed by atoms with E-state index in [-0.39, 0.29) is 58.2 Å². The summed E-state index contributed by atoms with van der Waals surface area (Å²) in [5.74, 6) is -3.65. The van der Waals surface area contributed by atoms with Crippen molar-refractivity contribution in [1.29, 1.82) is 0 Å². The number of amides is 7. The van der Waals surface area contributed by atoms with Gasteiger partial charge in [-0.1, -0.05) is 103 Å². The fraction of sp³-hybridized carbons (Fsp3) is 0.661. The zero-order chi connectivity index (χ0) is 61.2. The van der Waals surface area contributed by atoms with Gasteiger partial charge in [-0.25, -0.2) is 0 Å². The summed E-state index contributed by atoms with van der Waals surface area (Å²) >= 11 is 0. The second-order valence-electron chi connectivity index (χ2n) is 23.9. The molecule has 0 aromatic heterocycles. The van der Waals surface area contributed by atoms with Crippen LogP contribution in [0.4, 0.5) is 5.69 Å². The number of ether oxygens (including phenoxy) is 2. The molecule has 2 heterocycles. The number of hydrogen-bond acceptors (Lipinski definition) is 12. The van der Waals surface area contributed by atoms with Gasteiger partial charge in [-0.2, -0.15) is 0 Å². The minimum Gasteiger partial charge on any atom is -0.394 e. The minimum absolute atomic E-state index is 0.0321. The Bertz CT molecular complexity index is 2410. The maximum Gasteiger partial charge on any atom is 0.279 e. The van der Waals surface area contributed by atoms with Crippen LogP contribution in [0.25, 0.3) is 0 Å². The van der Waals surface area contributed by atoms with E-state index in [1.54, 1.807) is 62.9 Å². The number of carbonyl (C=O) groups excluding carboxylic acids is 7. The highest BCUT2D eigenvalue weighted by atomic mass is 16.5. The van der Waals surface area contributed by atoms with E-state index in [0.29, 0.717) is 69.7 Å². The number of aliphatic hydroxyl groups is 2. The summed E-state index contributed by atoms with van der Waals surface area (Å²) in [6, 6.07) is 10.8. The fourth-order valence-electron chi connectivity index (χ4n) is 12.0. The maximum absolute atomic E-state index is 14.9. The van der Waals surface area contributed by atoms with Gasteiger partial charge in [-0.15, -0.1) is 6.58 Å². The molecular weight excluding hydrogens is 1050 g/mol. The third kappa shape index (κ3) is 18.1. The van der Waals surface area contributed by atoms with E-state index in [9.17, 15) is 43.8 Å². The molecule has 458 valence electrons. The van der Waals surface area contributed by atoms with Crippen LogP contribution in [-0.4, -0.2) is 192 Å². The minimum atomic E-state index is -1.21. The van der Waals surface area contributed by atoms with E-state index in [2.05, 4.69) is 33.2 Å². The number of aliphatic hydroxyl groups excluding tert-OH is 2. The number of anilines is 1. The van der Waals surface area contributed by atoms with E-state index in [0.717, 1.165) is 12.0 Å². The predicted molar refractivity (Wildman–Crippen MR) is 317 cm³/mol. The molecule has 20 nitrogen and oxygen atoms in total. The highest BCUT2D eigenvalue weighted by Gasteiger charge is 2.45. The lowest BCUT2D eigenvalue weighted by Gasteiger charge is -2.42. The summed E-state index contributed by atoms with van der Waals surface area (Å²) in [6.45, 7) is 23.8. The van der Waals surface area contributed by atoms with E-state index in [4.69, 9.17) is 9.47 Å². The van der Waals surface area contributed by atoms with Crippen molar-refractivity contribution in [3.63, 3.8) is 0 Å². The Balaban J connectivity index is 1.44.